The topological polar surface area (TPSA) is 96.4 Å². The van der Waals surface area contributed by atoms with Gasteiger partial charge in [-0.1, -0.05) is 24.3 Å². The second-order valence-electron chi connectivity index (χ2n) is 6.29. The van der Waals surface area contributed by atoms with Crippen LogP contribution in [0.3, 0.4) is 0 Å². The number of hydrogen-bond acceptors (Lipinski definition) is 5. The van der Waals surface area contributed by atoms with Gasteiger partial charge in [-0.25, -0.2) is 13.6 Å². The van der Waals surface area contributed by atoms with Crippen LogP contribution in [0, 0.1) is 0 Å². The summed E-state index contributed by atoms with van der Waals surface area (Å²) in [7, 11) is 0.753. The molecule has 7 nitrogen and oxygen atoms in total. The van der Waals surface area contributed by atoms with Gasteiger partial charge in [0.05, 0.1) is 19.9 Å². The minimum atomic E-state index is -2.62. The maximum absolute atomic E-state index is 8.81. The van der Waals surface area contributed by atoms with Crippen molar-refractivity contribution in [1.29, 1.82) is 0 Å². The van der Waals surface area contributed by atoms with Crippen molar-refractivity contribution in [3.8, 4) is 11.5 Å². The molecule has 1 aromatic heterocycles. The summed E-state index contributed by atoms with van der Waals surface area (Å²) in [6.07, 6.45) is 3.85. The molecule has 29 heavy (non-hydrogen) atoms. The Labute approximate surface area is 173 Å². The lowest BCUT2D eigenvalue weighted by Gasteiger charge is -2.06. The van der Waals surface area contributed by atoms with Crippen LogP contribution in [0.4, 0.5) is 0 Å². The molecule has 3 rings (SSSR count). The molecular weight excluding hydrogens is 390 g/mol. The van der Waals surface area contributed by atoms with E-state index in [1.807, 2.05) is 28.9 Å². The third-order valence-corrected chi connectivity index (χ3v) is 4.33. The van der Waals surface area contributed by atoms with E-state index < -0.39 is 10.9 Å². The third-order valence-electron chi connectivity index (χ3n) is 4.33. The first-order chi connectivity index (χ1) is 13.9. The third kappa shape index (κ3) is 7.24. The zero-order valence-electron chi connectivity index (χ0n) is 16.9. The van der Waals surface area contributed by atoms with E-state index in [2.05, 4.69) is 42.5 Å². The van der Waals surface area contributed by atoms with Gasteiger partial charge >= 0.3 is 0 Å². The fourth-order valence-electron chi connectivity index (χ4n) is 2.86. The summed E-state index contributed by atoms with van der Waals surface area (Å²) in [4.78, 5) is 0. The maximum Gasteiger partial charge on any atom is 0.198 e. The molecule has 0 spiro atoms. The van der Waals surface area contributed by atoms with Crippen molar-refractivity contribution in [3.05, 3.63) is 77.1 Å². The zero-order valence-corrected chi connectivity index (χ0v) is 17.8. The van der Waals surface area contributed by atoms with Crippen molar-refractivity contribution >= 4 is 10.9 Å². The number of ether oxygens (including phenoxy) is 2. The second-order valence-corrected chi connectivity index (χ2v) is 6.86. The molecule has 0 saturated heterocycles. The van der Waals surface area contributed by atoms with E-state index in [4.69, 9.17) is 23.0 Å². The molecule has 0 unspecified atom stereocenters. The number of rotatable bonds is 7. The lowest BCUT2D eigenvalue weighted by molar-refractivity contribution is 0.414. The van der Waals surface area contributed by atoms with Gasteiger partial charge in [0.25, 0.3) is 0 Å². The molecule has 2 N–H and O–H groups in total. The number of nitrogens with zero attached hydrogens (tertiary/aromatic N) is 2. The molecule has 0 aliphatic heterocycles. The van der Waals surface area contributed by atoms with Crippen LogP contribution in [0.25, 0.3) is 0 Å². The van der Waals surface area contributed by atoms with Gasteiger partial charge in [-0.05, 0) is 47.9 Å². The average molecular weight is 418 g/mol. The lowest BCUT2D eigenvalue weighted by Crippen LogP contribution is -1.98. The molecule has 0 saturated carbocycles. The normalized spacial score (nSPS) is 10.4. The summed E-state index contributed by atoms with van der Waals surface area (Å²) in [6, 6.07) is 16.4. The van der Waals surface area contributed by atoms with E-state index in [1.54, 1.807) is 14.2 Å². The Bertz CT molecular complexity index is 890. The Morgan fingerprint density at radius 3 is 1.76 bits per heavy atom. The van der Waals surface area contributed by atoms with E-state index in [1.165, 1.54) is 16.7 Å². The molecular formula is C21H27N3O4S. The van der Waals surface area contributed by atoms with Crippen LogP contribution in [-0.4, -0.2) is 32.4 Å². The van der Waals surface area contributed by atoms with Crippen molar-refractivity contribution in [1.82, 2.24) is 9.78 Å². The van der Waals surface area contributed by atoms with Crippen LogP contribution in [-0.2, 0) is 30.3 Å². The first kappa shape index (κ1) is 22.4. The van der Waals surface area contributed by atoms with Crippen LogP contribution < -0.4 is 14.6 Å². The first-order valence-electron chi connectivity index (χ1n) is 9.15. The molecule has 8 heteroatoms. The van der Waals surface area contributed by atoms with Crippen LogP contribution in [0.2, 0.25) is 0 Å². The van der Waals surface area contributed by atoms with Gasteiger partial charge in [0.2, 0.25) is 0 Å². The van der Waals surface area contributed by atoms with Crippen LogP contribution in [0.5, 0.6) is 11.5 Å². The Morgan fingerprint density at radius 1 is 0.897 bits per heavy atom. The number of benzene rings is 2. The maximum atomic E-state index is 8.81. The minimum absolute atomic E-state index is 0.822. The second kappa shape index (κ2) is 11.2. The summed E-state index contributed by atoms with van der Waals surface area (Å²) < 4.78 is 30.1. The van der Waals surface area contributed by atoms with Gasteiger partial charge in [0.15, 0.2) is 10.9 Å². The highest BCUT2D eigenvalue weighted by atomic mass is 32.2. The van der Waals surface area contributed by atoms with Crippen LogP contribution in [0.1, 0.15) is 29.3 Å². The van der Waals surface area contributed by atoms with Gasteiger partial charge in [-0.15, -0.1) is 0 Å². The van der Waals surface area contributed by atoms with Gasteiger partial charge < -0.3 is 9.47 Å². The Kier molecular flexibility index (Phi) is 8.69. The molecule has 0 radical (unpaired) electrons. The van der Waals surface area contributed by atoms with Gasteiger partial charge in [0.1, 0.15) is 11.5 Å². The van der Waals surface area contributed by atoms with Crippen LogP contribution in [0.15, 0.2) is 54.7 Å². The first-order valence-corrected chi connectivity index (χ1v) is 10.4. The predicted molar refractivity (Wildman–Crippen MR) is 114 cm³/mol. The van der Waals surface area contributed by atoms with Gasteiger partial charge in [0, 0.05) is 25.6 Å². The highest BCUT2D eigenvalue weighted by Gasteiger charge is 2.11. The van der Waals surface area contributed by atoms with Crippen molar-refractivity contribution < 1.29 is 17.9 Å². The summed E-state index contributed by atoms with van der Waals surface area (Å²) >= 11 is 0. The largest absolute Gasteiger partial charge is 0.497 e. The SMILES string of the molecule is CCn1cc(Cc2ccc(OC)cc2)c(Cc2ccc(OC)cc2)n1.N[SH](=O)=O. The molecule has 0 amide bonds. The monoisotopic (exact) mass is 417 g/mol. The summed E-state index contributed by atoms with van der Waals surface area (Å²) in [5.74, 6) is 1.76. The molecule has 1 heterocycles. The summed E-state index contributed by atoms with van der Waals surface area (Å²) in [5, 5.41) is 8.82. The number of methoxy groups -OCH3 is 2. The Hall–Kier alpha value is -2.84. The van der Waals surface area contributed by atoms with E-state index in [-0.39, 0.29) is 0 Å². The van der Waals surface area contributed by atoms with Crippen molar-refractivity contribution in [3.63, 3.8) is 0 Å². The molecule has 2 aromatic carbocycles. The van der Waals surface area contributed by atoms with E-state index in [0.29, 0.717) is 0 Å². The molecule has 156 valence electrons. The van der Waals surface area contributed by atoms with E-state index in [0.717, 1.165) is 36.6 Å². The fourth-order valence-corrected chi connectivity index (χ4v) is 2.86. The number of aromatic nitrogens is 2. The van der Waals surface area contributed by atoms with Crippen molar-refractivity contribution in [2.75, 3.05) is 14.2 Å². The van der Waals surface area contributed by atoms with Gasteiger partial charge in [-0.2, -0.15) is 5.10 Å². The van der Waals surface area contributed by atoms with Crippen molar-refractivity contribution in [2.45, 2.75) is 26.3 Å². The smallest absolute Gasteiger partial charge is 0.198 e. The molecule has 0 bridgehead atoms. The zero-order chi connectivity index (χ0) is 21.2. The highest BCUT2D eigenvalue weighted by molar-refractivity contribution is 7.69. The predicted octanol–water partition coefficient (Wildman–Crippen LogP) is 2.57. The summed E-state index contributed by atoms with van der Waals surface area (Å²) in [5.41, 5.74) is 4.89. The molecule has 0 aliphatic rings. The molecule has 3 aromatic rings. The molecule has 0 fully saturated rings. The average Bonchev–Trinajstić information content (AvgIpc) is 3.10. The fraction of sp³-hybridized carbons (Fsp3) is 0.286. The lowest BCUT2D eigenvalue weighted by atomic mass is 10.0. The standard InChI is InChI=1S/C21H24N2O2.H3NO2S/c1-4-23-15-18(13-16-5-9-19(24-2)10-6-16)21(22-23)14-17-7-11-20(25-3)12-8-17;1-4(2)3/h5-12,15H,4,13-14H2,1-3H3;4H,(H2,1,2,3). The van der Waals surface area contributed by atoms with Crippen LogP contribution >= 0.6 is 0 Å². The molecule has 0 atom stereocenters. The number of aryl methyl sites for hydroxylation is 1. The minimum Gasteiger partial charge on any atom is -0.497 e. The van der Waals surface area contributed by atoms with E-state index in [9.17, 15) is 0 Å². The Balaban J connectivity index is 0.000000687. The Morgan fingerprint density at radius 2 is 1.34 bits per heavy atom. The summed E-state index contributed by atoms with van der Waals surface area (Å²) in [6.45, 7) is 2.99. The highest BCUT2D eigenvalue weighted by Crippen LogP contribution is 2.20. The number of hydrogen-bond donors (Lipinski definition) is 2. The number of nitrogens with two attached hydrogens (primary N) is 1. The van der Waals surface area contributed by atoms with Gasteiger partial charge in [-0.3, -0.25) is 4.68 Å². The number of thiol groups is 1. The van der Waals surface area contributed by atoms with E-state index >= 15 is 0 Å². The van der Waals surface area contributed by atoms with Crippen molar-refractivity contribution in [2.24, 2.45) is 5.14 Å². The molecule has 0 aliphatic carbocycles. The quantitative estimate of drug-likeness (QED) is 0.576.